The lowest BCUT2D eigenvalue weighted by molar-refractivity contribution is -0.137. The minimum atomic E-state index is -0.926. The van der Waals surface area contributed by atoms with Crippen LogP contribution in [0.2, 0.25) is 0 Å². The average Bonchev–Trinajstić information content (AvgIpc) is 2.87. The van der Waals surface area contributed by atoms with Gasteiger partial charge in [-0.15, -0.1) is 0 Å². The summed E-state index contributed by atoms with van der Waals surface area (Å²) >= 11 is 0. The molecule has 7 nitrogen and oxygen atoms in total. The van der Waals surface area contributed by atoms with Gasteiger partial charge in [0.2, 0.25) is 5.91 Å². The molecule has 1 saturated carbocycles. The first-order chi connectivity index (χ1) is 11.1. The Balaban J connectivity index is 1.73. The Morgan fingerprint density at radius 1 is 0.957 bits per heavy atom. The molecule has 0 aromatic carbocycles. The zero-order chi connectivity index (χ0) is 16.7. The summed E-state index contributed by atoms with van der Waals surface area (Å²) in [5.74, 6) is -0.170. The summed E-state index contributed by atoms with van der Waals surface area (Å²) in [7, 11) is 0. The van der Waals surface area contributed by atoms with Crippen LogP contribution in [0.4, 0.5) is 4.79 Å². The number of urea groups is 1. The van der Waals surface area contributed by atoms with Crippen LogP contribution in [0.3, 0.4) is 0 Å². The van der Waals surface area contributed by atoms with Crippen LogP contribution in [-0.2, 0) is 9.59 Å². The van der Waals surface area contributed by atoms with Gasteiger partial charge in [0.25, 0.3) is 0 Å². The molecule has 2 aliphatic rings. The van der Waals surface area contributed by atoms with Crippen LogP contribution >= 0.6 is 0 Å². The fraction of sp³-hybridized carbons (Fsp3) is 0.812. The van der Waals surface area contributed by atoms with Crippen molar-refractivity contribution in [3.8, 4) is 0 Å². The molecule has 130 valence electrons. The van der Waals surface area contributed by atoms with Crippen molar-refractivity contribution in [1.82, 2.24) is 15.1 Å². The van der Waals surface area contributed by atoms with Crippen molar-refractivity contribution in [1.29, 1.82) is 0 Å². The van der Waals surface area contributed by atoms with Crippen molar-refractivity contribution in [3.63, 3.8) is 0 Å². The second-order valence-corrected chi connectivity index (χ2v) is 6.45. The number of carbonyl (C=O) groups is 3. The summed E-state index contributed by atoms with van der Waals surface area (Å²) in [5.41, 5.74) is 0. The summed E-state index contributed by atoms with van der Waals surface area (Å²) in [6.07, 6.45) is 6.14. The smallest absolute Gasteiger partial charge is 0.317 e. The van der Waals surface area contributed by atoms with Gasteiger partial charge in [0.15, 0.2) is 0 Å². The molecule has 23 heavy (non-hydrogen) atoms. The molecule has 0 atom stereocenters. The number of amides is 3. The largest absolute Gasteiger partial charge is 0.481 e. The third kappa shape index (κ3) is 5.73. The van der Waals surface area contributed by atoms with Crippen LogP contribution in [0.1, 0.15) is 44.9 Å². The topological polar surface area (TPSA) is 89.9 Å². The third-order valence-corrected chi connectivity index (χ3v) is 4.69. The van der Waals surface area contributed by atoms with Crippen molar-refractivity contribution in [2.45, 2.75) is 44.9 Å². The number of hydrogen-bond donors (Lipinski definition) is 2. The molecule has 1 aliphatic carbocycles. The van der Waals surface area contributed by atoms with Crippen molar-refractivity contribution in [2.24, 2.45) is 5.92 Å². The summed E-state index contributed by atoms with van der Waals surface area (Å²) in [5, 5.41) is 11.2. The van der Waals surface area contributed by atoms with Crippen molar-refractivity contribution < 1.29 is 19.5 Å². The Labute approximate surface area is 137 Å². The fourth-order valence-corrected chi connectivity index (χ4v) is 3.35. The maximum Gasteiger partial charge on any atom is 0.317 e. The number of rotatable bonds is 5. The first-order valence-corrected chi connectivity index (χ1v) is 8.58. The molecule has 2 fully saturated rings. The molecule has 7 heteroatoms. The van der Waals surface area contributed by atoms with Crippen LogP contribution in [0.5, 0.6) is 0 Å². The molecule has 0 spiro atoms. The van der Waals surface area contributed by atoms with E-state index in [0.717, 1.165) is 19.3 Å². The van der Waals surface area contributed by atoms with E-state index in [9.17, 15) is 14.4 Å². The van der Waals surface area contributed by atoms with Gasteiger partial charge in [0.05, 0.1) is 6.42 Å². The van der Waals surface area contributed by atoms with Gasteiger partial charge in [-0.05, 0) is 25.2 Å². The summed E-state index contributed by atoms with van der Waals surface area (Å²) in [4.78, 5) is 38.4. The van der Waals surface area contributed by atoms with E-state index < -0.39 is 5.97 Å². The van der Waals surface area contributed by atoms with E-state index in [1.807, 2.05) is 4.90 Å². The quantitative estimate of drug-likeness (QED) is 0.797. The van der Waals surface area contributed by atoms with Crippen molar-refractivity contribution >= 4 is 17.9 Å². The van der Waals surface area contributed by atoms with Crippen LogP contribution in [0, 0.1) is 5.92 Å². The van der Waals surface area contributed by atoms with Crippen LogP contribution in [0.25, 0.3) is 0 Å². The predicted octanol–water partition coefficient (Wildman–Crippen LogP) is 1.29. The number of hydrogen-bond acceptors (Lipinski definition) is 3. The minimum absolute atomic E-state index is 0.0778. The first-order valence-electron chi connectivity index (χ1n) is 8.58. The molecular weight excluding hydrogens is 298 g/mol. The van der Waals surface area contributed by atoms with E-state index in [1.54, 1.807) is 4.90 Å². The van der Waals surface area contributed by atoms with Gasteiger partial charge in [-0.2, -0.15) is 0 Å². The highest BCUT2D eigenvalue weighted by molar-refractivity contribution is 5.77. The number of nitrogens with zero attached hydrogens (tertiary/aromatic N) is 2. The molecule has 1 aliphatic heterocycles. The Morgan fingerprint density at radius 2 is 1.61 bits per heavy atom. The molecule has 2 rings (SSSR count). The SMILES string of the molecule is O=C(O)CCNC(=O)N1CCCN(C(=O)CC2CCCC2)CC1. The van der Waals surface area contributed by atoms with Crippen LogP contribution in [0.15, 0.2) is 0 Å². The van der Waals surface area contributed by atoms with E-state index >= 15 is 0 Å². The Hall–Kier alpha value is -1.79. The van der Waals surface area contributed by atoms with E-state index in [4.69, 9.17) is 5.11 Å². The van der Waals surface area contributed by atoms with E-state index in [-0.39, 0.29) is 24.9 Å². The highest BCUT2D eigenvalue weighted by atomic mass is 16.4. The number of carboxylic acid groups (broad SMARTS) is 1. The Bertz CT molecular complexity index is 435. The van der Waals surface area contributed by atoms with Crippen LogP contribution in [-0.4, -0.2) is 65.5 Å². The fourth-order valence-electron chi connectivity index (χ4n) is 3.35. The van der Waals surface area contributed by atoms with E-state index in [0.29, 0.717) is 38.5 Å². The van der Waals surface area contributed by atoms with Crippen molar-refractivity contribution in [3.05, 3.63) is 0 Å². The highest BCUT2D eigenvalue weighted by Gasteiger charge is 2.25. The molecule has 0 aromatic heterocycles. The number of carbonyl (C=O) groups excluding carboxylic acids is 2. The maximum absolute atomic E-state index is 12.4. The molecule has 0 aromatic rings. The monoisotopic (exact) mass is 325 g/mol. The summed E-state index contributed by atoms with van der Waals surface area (Å²) < 4.78 is 0. The van der Waals surface area contributed by atoms with Gasteiger partial charge in [-0.3, -0.25) is 9.59 Å². The standard InChI is InChI=1S/C16H27N3O4/c20-14(12-13-4-1-2-5-13)18-8-3-9-19(11-10-18)16(23)17-7-6-15(21)22/h13H,1-12H2,(H,17,23)(H,21,22). The Kier molecular flexibility index (Phi) is 6.67. The normalized spacial score (nSPS) is 19.5. The molecule has 0 radical (unpaired) electrons. The second kappa shape index (κ2) is 8.74. The average molecular weight is 325 g/mol. The van der Waals surface area contributed by atoms with Crippen LogP contribution < -0.4 is 5.32 Å². The number of aliphatic carboxylic acids is 1. The lowest BCUT2D eigenvalue weighted by atomic mass is 10.0. The summed E-state index contributed by atoms with van der Waals surface area (Å²) in [6, 6.07) is -0.239. The molecule has 1 saturated heterocycles. The van der Waals surface area contributed by atoms with Crippen molar-refractivity contribution in [2.75, 3.05) is 32.7 Å². The van der Waals surface area contributed by atoms with E-state index in [1.165, 1.54) is 12.8 Å². The first kappa shape index (κ1) is 17.6. The zero-order valence-corrected chi connectivity index (χ0v) is 13.6. The van der Waals surface area contributed by atoms with Gasteiger partial charge in [0.1, 0.15) is 0 Å². The molecule has 0 unspecified atom stereocenters. The summed E-state index contributed by atoms with van der Waals surface area (Å²) in [6.45, 7) is 2.51. The molecule has 3 amide bonds. The Morgan fingerprint density at radius 3 is 2.30 bits per heavy atom. The molecule has 2 N–H and O–H groups in total. The van der Waals surface area contributed by atoms with Gasteiger partial charge in [-0.1, -0.05) is 12.8 Å². The van der Waals surface area contributed by atoms with Gasteiger partial charge in [0, 0.05) is 39.1 Å². The second-order valence-electron chi connectivity index (χ2n) is 6.45. The predicted molar refractivity (Wildman–Crippen MR) is 85.0 cm³/mol. The minimum Gasteiger partial charge on any atom is -0.481 e. The van der Waals surface area contributed by atoms with E-state index in [2.05, 4.69) is 5.32 Å². The highest BCUT2D eigenvalue weighted by Crippen LogP contribution is 2.28. The molecule has 0 bridgehead atoms. The zero-order valence-electron chi connectivity index (χ0n) is 13.6. The number of nitrogens with one attached hydrogen (secondary N) is 1. The van der Waals surface area contributed by atoms with Gasteiger partial charge >= 0.3 is 12.0 Å². The maximum atomic E-state index is 12.4. The van der Waals surface area contributed by atoms with Gasteiger partial charge in [-0.25, -0.2) is 4.79 Å². The van der Waals surface area contributed by atoms with Gasteiger partial charge < -0.3 is 20.2 Å². The molecule has 1 heterocycles. The third-order valence-electron chi connectivity index (χ3n) is 4.69. The lowest BCUT2D eigenvalue weighted by Crippen LogP contribution is -2.43. The molecular formula is C16H27N3O4. The number of carboxylic acids is 1. The lowest BCUT2D eigenvalue weighted by Gasteiger charge is -2.23.